The lowest BCUT2D eigenvalue weighted by Gasteiger charge is -2.27. The number of likely N-dealkylation sites (N-methyl/N-ethyl adjacent to an activating group) is 1. The molecule has 0 N–H and O–H groups in total. The van der Waals surface area contributed by atoms with E-state index in [1.807, 2.05) is 6.92 Å². The Balaban J connectivity index is 1.85. The Morgan fingerprint density at radius 2 is 1.65 bits per heavy atom. The molecule has 0 radical (unpaired) electrons. The van der Waals surface area contributed by atoms with Crippen LogP contribution < -0.4 is 4.90 Å². The summed E-state index contributed by atoms with van der Waals surface area (Å²) >= 11 is 0. The third-order valence-electron chi connectivity index (χ3n) is 6.57. The lowest BCUT2D eigenvalue weighted by atomic mass is 10.1. The molecule has 2 aromatic heterocycles. The molecule has 0 amide bonds. The zero-order valence-corrected chi connectivity index (χ0v) is 20.3. The maximum absolute atomic E-state index is 5.00. The van der Waals surface area contributed by atoms with Crippen molar-refractivity contribution in [1.82, 2.24) is 19.4 Å². The van der Waals surface area contributed by atoms with Crippen LogP contribution in [0.5, 0.6) is 0 Å². The SMILES string of the molecule is CCN(C)CCN(CC1CC1)c1nc(C)nc2c1c(C)cn2-c1c(C)cc(C)cc1C. The number of anilines is 1. The maximum atomic E-state index is 5.00. The third-order valence-corrected chi connectivity index (χ3v) is 6.57. The highest BCUT2D eigenvalue weighted by molar-refractivity contribution is 5.92. The van der Waals surface area contributed by atoms with Crippen LogP contribution in [0.1, 0.15) is 47.8 Å². The quantitative estimate of drug-likeness (QED) is 0.507. The zero-order chi connectivity index (χ0) is 22.3. The van der Waals surface area contributed by atoms with Gasteiger partial charge in [-0.1, -0.05) is 24.6 Å². The summed E-state index contributed by atoms with van der Waals surface area (Å²) < 4.78 is 2.29. The van der Waals surface area contributed by atoms with E-state index in [0.717, 1.165) is 49.4 Å². The van der Waals surface area contributed by atoms with Crippen molar-refractivity contribution >= 4 is 16.9 Å². The van der Waals surface area contributed by atoms with Gasteiger partial charge >= 0.3 is 0 Å². The van der Waals surface area contributed by atoms with Crippen molar-refractivity contribution in [3.8, 4) is 5.69 Å². The molecule has 3 aromatic rings. The van der Waals surface area contributed by atoms with E-state index < -0.39 is 0 Å². The Labute approximate surface area is 187 Å². The number of aryl methyl sites for hydroxylation is 5. The summed E-state index contributed by atoms with van der Waals surface area (Å²) in [6.45, 7) is 17.2. The first kappa shape index (κ1) is 21.8. The average molecular weight is 420 g/mol. The molecule has 0 bridgehead atoms. The normalized spacial score (nSPS) is 14.1. The molecule has 31 heavy (non-hydrogen) atoms. The maximum Gasteiger partial charge on any atom is 0.150 e. The highest BCUT2D eigenvalue weighted by atomic mass is 15.2. The van der Waals surface area contributed by atoms with E-state index in [4.69, 9.17) is 9.97 Å². The van der Waals surface area contributed by atoms with Crippen LogP contribution in [-0.4, -0.2) is 52.7 Å². The number of aromatic nitrogens is 3. The van der Waals surface area contributed by atoms with Gasteiger partial charge in [0, 0.05) is 25.8 Å². The lowest BCUT2D eigenvalue weighted by molar-refractivity contribution is 0.357. The summed E-state index contributed by atoms with van der Waals surface area (Å²) in [6, 6.07) is 4.52. The molecule has 0 saturated heterocycles. The number of rotatable bonds is 8. The van der Waals surface area contributed by atoms with Gasteiger partial charge in [0.1, 0.15) is 11.6 Å². The first-order valence-corrected chi connectivity index (χ1v) is 11.7. The lowest BCUT2D eigenvalue weighted by Crippen LogP contribution is -2.35. The molecular weight excluding hydrogens is 382 g/mol. The van der Waals surface area contributed by atoms with Crippen molar-refractivity contribution < 1.29 is 0 Å². The van der Waals surface area contributed by atoms with Crippen molar-refractivity contribution in [3.05, 3.63) is 46.4 Å². The van der Waals surface area contributed by atoms with Gasteiger partial charge in [-0.15, -0.1) is 0 Å². The minimum Gasteiger partial charge on any atom is -0.354 e. The number of fused-ring (bicyclic) bond motifs is 1. The topological polar surface area (TPSA) is 37.2 Å². The van der Waals surface area contributed by atoms with E-state index >= 15 is 0 Å². The summed E-state index contributed by atoms with van der Waals surface area (Å²) in [7, 11) is 2.20. The molecule has 166 valence electrons. The van der Waals surface area contributed by atoms with Crippen LogP contribution in [0.2, 0.25) is 0 Å². The summed E-state index contributed by atoms with van der Waals surface area (Å²) in [5.41, 5.74) is 7.38. The fourth-order valence-electron chi connectivity index (χ4n) is 4.69. The summed E-state index contributed by atoms with van der Waals surface area (Å²) in [5.74, 6) is 2.76. The van der Waals surface area contributed by atoms with E-state index in [2.05, 4.69) is 74.4 Å². The molecule has 0 unspecified atom stereocenters. The van der Waals surface area contributed by atoms with Gasteiger partial charge in [0.15, 0.2) is 5.65 Å². The molecule has 5 nitrogen and oxygen atoms in total. The fraction of sp³-hybridized carbons (Fsp3) is 0.538. The van der Waals surface area contributed by atoms with Crippen molar-refractivity contribution in [1.29, 1.82) is 0 Å². The van der Waals surface area contributed by atoms with E-state index in [1.165, 1.54) is 46.2 Å². The number of hydrogen-bond acceptors (Lipinski definition) is 4. The van der Waals surface area contributed by atoms with Gasteiger partial charge in [-0.25, -0.2) is 9.97 Å². The van der Waals surface area contributed by atoms with Crippen LogP contribution in [0.3, 0.4) is 0 Å². The molecule has 1 aliphatic rings. The van der Waals surface area contributed by atoms with E-state index in [9.17, 15) is 0 Å². The molecule has 1 aliphatic carbocycles. The molecule has 0 atom stereocenters. The monoisotopic (exact) mass is 419 g/mol. The average Bonchev–Trinajstić information content (AvgIpc) is 3.47. The van der Waals surface area contributed by atoms with Crippen LogP contribution in [0.15, 0.2) is 18.3 Å². The van der Waals surface area contributed by atoms with Crippen LogP contribution in [-0.2, 0) is 0 Å². The molecule has 1 fully saturated rings. The van der Waals surface area contributed by atoms with Crippen molar-refractivity contribution in [3.63, 3.8) is 0 Å². The standard InChI is InChI=1S/C26H37N5/c1-8-29(7)11-12-30(16-22-9-10-22)25-23-20(5)15-31(26(23)28-21(6)27-25)24-18(3)13-17(2)14-19(24)4/h13-15,22H,8-12,16H2,1-7H3. The van der Waals surface area contributed by atoms with Crippen LogP contribution >= 0.6 is 0 Å². The number of benzene rings is 1. The molecule has 4 rings (SSSR count). The zero-order valence-electron chi connectivity index (χ0n) is 20.3. The molecule has 0 aliphatic heterocycles. The molecule has 1 aromatic carbocycles. The van der Waals surface area contributed by atoms with Gasteiger partial charge < -0.3 is 14.4 Å². The minimum absolute atomic E-state index is 0.807. The van der Waals surface area contributed by atoms with Gasteiger partial charge in [-0.3, -0.25) is 0 Å². The van der Waals surface area contributed by atoms with Crippen molar-refractivity contribution in [2.24, 2.45) is 5.92 Å². The molecule has 0 spiro atoms. The smallest absolute Gasteiger partial charge is 0.150 e. The second-order valence-electron chi connectivity index (χ2n) is 9.51. The van der Waals surface area contributed by atoms with Gasteiger partial charge in [0.2, 0.25) is 0 Å². The van der Waals surface area contributed by atoms with Crippen molar-refractivity contribution in [2.75, 3.05) is 38.1 Å². The first-order chi connectivity index (χ1) is 14.8. The second-order valence-corrected chi connectivity index (χ2v) is 9.51. The molecule has 2 heterocycles. The minimum atomic E-state index is 0.807. The highest BCUT2D eigenvalue weighted by Crippen LogP contribution is 2.36. The Morgan fingerprint density at radius 3 is 2.26 bits per heavy atom. The predicted molar refractivity (Wildman–Crippen MR) is 131 cm³/mol. The van der Waals surface area contributed by atoms with Crippen LogP contribution in [0.4, 0.5) is 5.82 Å². The summed E-state index contributed by atoms with van der Waals surface area (Å²) in [4.78, 5) is 14.8. The predicted octanol–water partition coefficient (Wildman–Crippen LogP) is 5.13. The van der Waals surface area contributed by atoms with Gasteiger partial charge in [-0.05, 0) is 83.7 Å². The van der Waals surface area contributed by atoms with Crippen LogP contribution in [0, 0.1) is 40.5 Å². The second kappa shape index (κ2) is 8.62. The Morgan fingerprint density at radius 1 is 0.968 bits per heavy atom. The van der Waals surface area contributed by atoms with E-state index in [-0.39, 0.29) is 0 Å². The largest absolute Gasteiger partial charge is 0.354 e. The van der Waals surface area contributed by atoms with Crippen molar-refractivity contribution in [2.45, 2.75) is 54.4 Å². The van der Waals surface area contributed by atoms with Crippen LogP contribution in [0.25, 0.3) is 16.7 Å². The fourth-order valence-corrected chi connectivity index (χ4v) is 4.69. The summed E-state index contributed by atoms with van der Waals surface area (Å²) in [5, 5.41) is 1.20. The number of nitrogens with zero attached hydrogens (tertiary/aromatic N) is 5. The van der Waals surface area contributed by atoms with E-state index in [0.29, 0.717) is 0 Å². The summed E-state index contributed by atoms with van der Waals surface area (Å²) in [6.07, 6.45) is 4.94. The number of hydrogen-bond donors (Lipinski definition) is 0. The first-order valence-electron chi connectivity index (χ1n) is 11.7. The Bertz CT molecular complexity index is 1070. The van der Waals surface area contributed by atoms with Gasteiger partial charge in [-0.2, -0.15) is 0 Å². The third kappa shape index (κ3) is 4.47. The van der Waals surface area contributed by atoms with Gasteiger partial charge in [0.25, 0.3) is 0 Å². The highest BCUT2D eigenvalue weighted by Gasteiger charge is 2.27. The Kier molecular flexibility index (Phi) is 6.07. The molecule has 1 saturated carbocycles. The van der Waals surface area contributed by atoms with E-state index in [1.54, 1.807) is 0 Å². The van der Waals surface area contributed by atoms with Gasteiger partial charge in [0.05, 0.1) is 11.1 Å². The molecule has 5 heteroatoms. The Hall–Kier alpha value is -2.40. The molecular formula is C26H37N5.